The Morgan fingerprint density at radius 1 is 1.50 bits per heavy atom. The molecule has 1 aliphatic heterocycles. The minimum Gasteiger partial charge on any atom is -0.372 e. The van der Waals surface area contributed by atoms with E-state index in [1.54, 1.807) is 18.2 Å². The lowest BCUT2D eigenvalue weighted by Crippen LogP contribution is -2.04. The minimum atomic E-state index is -1.11. The normalized spacial score (nSPS) is 22.0. The third-order valence-corrected chi connectivity index (χ3v) is 4.06. The quantitative estimate of drug-likeness (QED) is 0.772. The van der Waals surface area contributed by atoms with Crippen LogP contribution in [0.4, 0.5) is 0 Å². The number of halogens is 2. The second-order valence-corrected chi connectivity index (χ2v) is 5.35. The summed E-state index contributed by atoms with van der Waals surface area (Å²) >= 11 is 11.7. The molecule has 2 nitrogen and oxygen atoms in total. The van der Waals surface area contributed by atoms with Crippen molar-refractivity contribution in [1.82, 2.24) is 0 Å². The molecule has 2 rings (SSSR count). The van der Waals surface area contributed by atoms with Gasteiger partial charge >= 0.3 is 0 Å². The van der Waals surface area contributed by atoms with Gasteiger partial charge in [-0.05, 0) is 18.2 Å². The molecule has 76 valence electrons. The average Bonchev–Trinajstić information content (AvgIpc) is 2.93. The minimum absolute atomic E-state index is 0.130. The van der Waals surface area contributed by atoms with Crippen LogP contribution in [0, 0.1) is 0 Å². The lowest BCUT2D eigenvalue weighted by atomic mass is 10.4. The first-order chi connectivity index (χ1) is 6.66. The highest BCUT2D eigenvalue weighted by Crippen LogP contribution is 2.25. The van der Waals surface area contributed by atoms with Crippen molar-refractivity contribution in [3.63, 3.8) is 0 Å². The maximum Gasteiger partial charge on any atom is 0.0928 e. The first-order valence-corrected chi connectivity index (χ1v) is 6.19. The fourth-order valence-corrected chi connectivity index (χ4v) is 2.94. The van der Waals surface area contributed by atoms with Crippen molar-refractivity contribution in [2.75, 3.05) is 12.4 Å². The zero-order chi connectivity index (χ0) is 10.1. The van der Waals surface area contributed by atoms with Crippen LogP contribution in [0.1, 0.15) is 0 Å². The van der Waals surface area contributed by atoms with Crippen LogP contribution in [0.2, 0.25) is 10.0 Å². The summed E-state index contributed by atoms with van der Waals surface area (Å²) in [6, 6.07) is 4.98. The molecule has 1 unspecified atom stereocenters. The van der Waals surface area contributed by atoms with Crippen molar-refractivity contribution < 1.29 is 8.95 Å². The van der Waals surface area contributed by atoms with Crippen LogP contribution < -0.4 is 0 Å². The maximum absolute atomic E-state index is 11.8. The molecule has 1 fully saturated rings. The van der Waals surface area contributed by atoms with Crippen LogP contribution in [0.15, 0.2) is 23.1 Å². The van der Waals surface area contributed by atoms with Gasteiger partial charge in [0.15, 0.2) is 0 Å². The zero-order valence-corrected chi connectivity index (χ0v) is 9.53. The molecule has 0 saturated carbocycles. The van der Waals surface area contributed by atoms with Crippen molar-refractivity contribution in [3.05, 3.63) is 28.2 Å². The van der Waals surface area contributed by atoms with E-state index in [4.69, 9.17) is 27.9 Å². The Morgan fingerprint density at radius 2 is 2.21 bits per heavy atom. The molecule has 5 heteroatoms. The Bertz CT molecular complexity index is 377. The highest BCUT2D eigenvalue weighted by molar-refractivity contribution is 7.85. The maximum atomic E-state index is 11.8. The molecule has 1 aliphatic rings. The van der Waals surface area contributed by atoms with Crippen LogP contribution in [-0.2, 0) is 15.5 Å². The van der Waals surface area contributed by atoms with E-state index in [1.807, 2.05) is 0 Å². The van der Waals surface area contributed by atoms with Gasteiger partial charge in [-0.3, -0.25) is 4.21 Å². The Balaban J connectivity index is 2.20. The Hall–Kier alpha value is -0.0900. The van der Waals surface area contributed by atoms with Crippen molar-refractivity contribution >= 4 is 34.0 Å². The largest absolute Gasteiger partial charge is 0.372 e. The van der Waals surface area contributed by atoms with Gasteiger partial charge in [-0.1, -0.05) is 23.2 Å². The molecular formula is C9H8Cl2O2S. The number of rotatable bonds is 3. The number of ether oxygens (including phenoxy) is 1. The van der Waals surface area contributed by atoms with Gasteiger partial charge in [-0.25, -0.2) is 0 Å². The molecule has 1 aromatic rings. The Morgan fingerprint density at radius 3 is 2.86 bits per heavy atom. The van der Waals surface area contributed by atoms with Gasteiger partial charge in [0.25, 0.3) is 0 Å². The van der Waals surface area contributed by atoms with Gasteiger partial charge in [0, 0.05) is 5.02 Å². The van der Waals surface area contributed by atoms with Gasteiger partial charge in [0.05, 0.1) is 39.2 Å². The number of hydrogen-bond acceptors (Lipinski definition) is 2. The molecule has 2 atom stereocenters. The topological polar surface area (TPSA) is 29.6 Å². The van der Waals surface area contributed by atoms with Crippen molar-refractivity contribution in [3.8, 4) is 0 Å². The molecule has 0 amide bonds. The van der Waals surface area contributed by atoms with Gasteiger partial charge in [0.1, 0.15) is 0 Å². The van der Waals surface area contributed by atoms with E-state index in [2.05, 4.69) is 0 Å². The van der Waals surface area contributed by atoms with Crippen molar-refractivity contribution in [1.29, 1.82) is 0 Å². The summed E-state index contributed by atoms with van der Waals surface area (Å²) in [5.74, 6) is 0.500. The fraction of sp³-hybridized carbons (Fsp3) is 0.333. The first kappa shape index (κ1) is 10.4. The summed E-state index contributed by atoms with van der Waals surface area (Å²) in [7, 11) is -1.11. The molecular weight excluding hydrogens is 243 g/mol. The lowest BCUT2D eigenvalue weighted by molar-refractivity contribution is 0.425. The number of hydrogen-bond donors (Lipinski definition) is 0. The van der Waals surface area contributed by atoms with Crippen LogP contribution >= 0.6 is 23.2 Å². The third-order valence-electron chi connectivity index (χ3n) is 1.88. The van der Waals surface area contributed by atoms with Crippen LogP contribution in [0.3, 0.4) is 0 Å². The smallest absolute Gasteiger partial charge is 0.0928 e. The Kier molecular flexibility index (Phi) is 3.12. The molecule has 1 aromatic carbocycles. The third kappa shape index (κ3) is 2.48. The summed E-state index contributed by atoms with van der Waals surface area (Å²) < 4.78 is 16.8. The summed E-state index contributed by atoms with van der Waals surface area (Å²) in [5.41, 5.74) is 0. The summed E-state index contributed by atoms with van der Waals surface area (Å²) in [6.07, 6.45) is 0.130. The van der Waals surface area contributed by atoms with Gasteiger partial charge < -0.3 is 4.74 Å². The molecule has 1 saturated heterocycles. The second kappa shape index (κ2) is 4.19. The van der Waals surface area contributed by atoms with E-state index in [0.29, 0.717) is 27.3 Å². The number of epoxide rings is 1. The second-order valence-electron chi connectivity index (χ2n) is 3.04. The van der Waals surface area contributed by atoms with Crippen LogP contribution in [-0.4, -0.2) is 22.7 Å². The SMILES string of the molecule is O=S(C[C@H]1CO1)c1cc(Cl)ccc1Cl. The van der Waals surface area contributed by atoms with E-state index >= 15 is 0 Å². The first-order valence-electron chi connectivity index (χ1n) is 4.12. The van der Waals surface area contributed by atoms with E-state index in [9.17, 15) is 4.21 Å². The van der Waals surface area contributed by atoms with Crippen molar-refractivity contribution in [2.45, 2.75) is 11.0 Å². The number of benzene rings is 1. The predicted octanol–water partition coefficient (Wildman–Crippen LogP) is 2.50. The van der Waals surface area contributed by atoms with Gasteiger partial charge in [-0.2, -0.15) is 0 Å². The molecule has 0 aromatic heterocycles. The lowest BCUT2D eigenvalue weighted by Gasteiger charge is -2.03. The summed E-state index contributed by atoms with van der Waals surface area (Å²) in [5, 5.41) is 1.04. The molecule has 0 aliphatic carbocycles. The molecule has 14 heavy (non-hydrogen) atoms. The van der Waals surface area contributed by atoms with Gasteiger partial charge in [-0.15, -0.1) is 0 Å². The monoisotopic (exact) mass is 250 g/mol. The van der Waals surface area contributed by atoms with Crippen molar-refractivity contribution in [2.24, 2.45) is 0 Å². The van der Waals surface area contributed by atoms with E-state index in [-0.39, 0.29) is 6.10 Å². The van der Waals surface area contributed by atoms with E-state index in [1.165, 1.54) is 0 Å². The van der Waals surface area contributed by atoms with E-state index < -0.39 is 10.8 Å². The molecule has 0 radical (unpaired) electrons. The summed E-state index contributed by atoms with van der Waals surface area (Å²) in [4.78, 5) is 0.592. The highest BCUT2D eigenvalue weighted by atomic mass is 35.5. The molecule has 0 N–H and O–H groups in total. The highest BCUT2D eigenvalue weighted by Gasteiger charge is 2.26. The summed E-state index contributed by atoms with van der Waals surface area (Å²) in [6.45, 7) is 0.698. The van der Waals surface area contributed by atoms with E-state index in [0.717, 1.165) is 0 Å². The molecule has 1 heterocycles. The standard InChI is InChI=1S/C9H8Cl2O2S/c10-6-1-2-8(11)9(3-6)14(12)5-7-4-13-7/h1-3,7H,4-5H2/t7-,14?/m1/s1. The fourth-order valence-electron chi connectivity index (χ4n) is 1.07. The molecule has 0 spiro atoms. The zero-order valence-electron chi connectivity index (χ0n) is 7.20. The molecule has 0 bridgehead atoms. The van der Waals surface area contributed by atoms with Crippen LogP contribution in [0.25, 0.3) is 0 Å². The van der Waals surface area contributed by atoms with Gasteiger partial charge in [0.2, 0.25) is 0 Å². The van der Waals surface area contributed by atoms with Crippen LogP contribution in [0.5, 0.6) is 0 Å². The predicted molar refractivity (Wildman–Crippen MR) is 57.5 cm³/mol. The average molecular weight is 251 g/mol. The Labute approximate surface area is 94.6 Å².